The summed E-state index contributed by atoms with van der Waals surface area (Å²) in [6.45, 7) is 10.4. The molecule has 0 unspecified atom stereocenters. The van der Waals surface area contributed by atoms with Crippen LogP contribution in [0.4, 0.5) is 0 Å². The average Bonchev–Trinajstić information content (AvgIpc) is 3.21. The summed E-state index contributed by atoms with van der Waals surface area (Å²) >= 11 is 0. The predicted molar refractivity (Wildman–Crippen MR) is 152 cm³/mol. The van der Waals surface area contributed by atoms with Gasteiger partial charge in [-0.15, -0.1) is 0 Å². The number of amides is 3. The van der Waals surface area contributed by atoms with Crippen LogP contribution in [0.1, 0.15) is 79.3 Å². The smallest absolute Gasteiger partial charge is 0.277 e. The van der Waals surface area contributed by atoms with Crippen molar-refractivity contribution in [3.8, 4) is 0 Å². The first kappa shape index (κ1) is 30.2. The lowest BCUT2D eigenvalue weighted by Crippen LogP contribution is -2.46. The number of hydrogen-bond donors (Lipinski definition) is 4. The molecule has 4 N–H and O–H groups in total. The zero-order valence-electron chi connectivity index (χ0n) is 23.5. The standard InChI is InChI=1S/C31H41N3O5/c1-18(2)13-25(26(35)14-20(5)29(37)32-17-19(3)4)33-30(38)22-10-8-11-23(15-22)31(39)34-28-24-12-7-6-9-21(24)16-27(28)36/h6-12,15,18-20,25-27,35-36H,13-14,16-17H2,1-5H3,(H,32,37)(H,33,38)/t20-,25+,26+,27+/m1/s1. The molecule has 3 amide bonds. The lowest BCUT2D eigenvalue weighted by Gasteiger charge is -2.27. The van der Waals surface area contributed by atoms with Crippen molar-refractivity contribution in [2.75, 3.05) is 6.54 Å². The second-order valence-electron chi connectivity index (χ2n) is 11.3. The molecule has 3 rings (SSSR count). The van der Waals surface area contributed by atoms with E-state index in [-0.39, 0.29) is 29.4 Å². The number of nitrogens with zero attached hydrogens (tertiary/aromatic N) is 1. The molecule has 0 aromatic heterocycles. The summed E-state index contributed by atoms with van der Waals surface area (Å²) in [5, 5.41) is 27.2. The first-order valence-corrected chi connectivity index (χ1v) is 13.7. The maximum Gasteiger partial charge on any atom is 0.277 e. The fraction of sp³-hybridized carbons (Fsp3) is 0.484. The summed E-state index contributed by atoms with van der Waals surface area (Å²) in [7, 11) is 0. The number of aliphatic imine (C=N–C) groups is 1. The fourth-order valence-corrected chi connectivity index (χ4v) is 4.72. The Labute approximate surface area is 230 Å². The number of nitrogens with one attached hydrogen (secondary N) is 2. The van der Waals surface area contributed by atoms with Gasteiger partial charge in [0.1, 0.15) is 6.10 Å². The van der Waals surface area contributed by atoms with Gasteiger partial charge in [-0.2, -0.15) is 0 Å². The van der Waals surface area contributed by atoms with Crippen LogP contribution in [0.2, 0.25) is 0 Å². The molecule has 8 nitrogen and oxygen atoms in total. The van der Waals surface area contributed by atoms with Gasteiger partial charge in [0.05, 0.1) is 17.9 Å². The molecule has 0 radical (unpaired) electrons. The van der Waals surface area contributed by atoms with Crippen molar-refractivity contribution in [2.24, 2.45) is 22.7 Å². The van der Waals surface area contributed by atoms with Crippen LogP contribution in [0.3, 0.4) is 0 Å². The Morgan fingerprint density at radius 1 is 0.949 bits per heavy atom. The summed E-state index contributed by atoms with van der Waals surface area (Å²) < 4.78 is 0. The van der Waals surface area contributed by atoms with E-state index >= 15 is 0 Å². The van der Waals surface area contributed by atoms with Crippen LogP contribution in [0.15, 0.2) is 53.5 Å². The maximum absolute atomic E-state index is 13.2. The monoisotopic (exact) mass is 535 g/mol. The van der Waals surface area contributed by atoms with Gasteiger partial charge < -0.3 is 20.8 Å². The van der Waals surface area contributed by atoms with Gasteiger partial charge in [-0.3, -0.25) is 14.4 Å². The molecule has 1 aliphatic carbocycles. The first-order valence-electron chi connectivity index (χ1n) is 13.7. The highest BCUT2D eigenvalue weighted by molar-refractivity contribution is 6.15. The van der Waals surface area contributed by atoms with E-state index in [9.17, 15) is 24.6 Å². The second-order valence-corrected chi connectivity index (χ2v) is 11.3. The SMILES string of the molecule is CC(C)CNC(=O)[C@H](C)C[C@H](O)[C@H](CC(C)C)NC(=O)c1cccc(C(=O)N=C2c3ccccc3C[C@@H]2O)c1. The quantitative estimate of drug-likeness (QED) is 0.350. The number of carbonyl (C=O) groups is 3. The molecular formula is C31H41N3O5. The average molecular weight is 536 g/mol. The number of rotatable bonds is 11. The molecule has 0 aliphatic heterocycles. The maximum atomic E-state index is 13.2. The van der Waals surface area contributed by atoms with Crippen LogP contribution in [-0.4, -0.2) is 58.4 Å². The predicted octanol–water partition coefficient (Wildman–Crippen LogP) is 3.54. The summed E-state index contributed by atoms with van der Waals surface area (Å²) in [5.41, 5.74) is 2.51. The number of benzene rings is 2. The third-order valence-electron chi connectivity index (χ3n) is 6.85. The Balaban J connectivity index is 1.71. The minimum absolute atomic E-state index is 0.125. The molecule has 0 spiro atoms. The Morgan fingerprint density at radius 2 is 1.64 bits per heavy atom. The van der Waals surface area contributed by atoms with Gasteiger partial charge in [-0.05, 0) is 48.4 Å². The van der Waals surface area contributed by atoms with Crippen molar-refractivity contribution in [3.05, 3.63) is 70.8 Å². The van der Waals surface area contributed by atoms with Crippen molar-refractivity contribution in [3.63, 3.8) is 0 Å². The van der Waals surface area contributed by atoms with Gasteiger partial charge in [-0.25, -0.2) is 4.99 Å². The van der Waals surface area contributed by atoms with Crippen LogP contribution in [0.5, 0.6) is 0 Å². The van der Waals surface area contributed by atoms with E-state index in [1.165, 1.54) is 6.07 Å². The molecule has 4 atom stereocenters. The summed E-state index contributed by atoms with van der Waals surface area (Å²) in [6.07, 6.45) is -0.636. The largest absolute Gasteiger partial charge is 0.391 e. The van der Waals surface area contributed by atoms with Crippen LogP contribution >= 0.6 is 0 Å². The van der Waals surface area contributed by atoms with E-state index in [4.69, 9.17) is 0 Å². The minimum atomic E-state index is -0.920. The van der Waals surface area contributed by atoms with Crippen molar-refractivity contribution >= 4 is 23.4 Å². The first-order chi connectivity index (χ1) is 18.5. The molecule has 2 aromatic rings. The fourth-order valence-electron chi connectivity index (χ4n) is 4.72. The highest BCUT2D eigenvalue weighted by atomic mass is 16.3. The minimum Gasteiger partial charge on any atom is -0.391 e. The van der Waals surface area contributed by atoms with Crippen molar-refractivity contribution in [1.29, 1.82) is 0 Å². The van der Waals surface area contributed by atoms with Gasteiger partial charge in [-0.1, -0.05) is 65.0 Å². The lowest BCUT2D eigenvalue weighted by atomic mass is 9.92. The molecule has 0 saturated heterocycles. The van der Waals surface area contributed by atoms with E-state index in [1.807, 2.05) is 52.0 Å². The van der Waals surface area contributed by atoms with Crippen LogP contribution < -0.4 is 10.6 Å². The van der Waals surface area contributed by atoms with Gasteiger partial charge in [0.15, 0.2) is 0 Å². The Bertz CT molecular complexity index is 1210. The van der Waals surface area contributed by atoms with E-state index in [1.54, 1.807) is 25.1 Å². The van der Waals surface area contributed by atoms with E-state index in [0.29, 0.717) is 31.0 Å². The Morgan fingerprint density at radius 3 is 2.33 bits per heavy atom. The molecule has 8 heteroatoms. The number of hydrogen-bond acceptors (Lipinski definition) is 5. The number of aliphatic hydroxyl groups excluding tert-OH is 2. The van der Waals surface area contributed by atoms with Crippen molar-refractivity contribution in [1.82, 2.24) is 10.6 Å². The van der Waals surface area contributed by atoms with Gasteiger partial charge >= 0.3 is 0 Å². The summed E-state index contributed by atoms with van der Waals surface area (Å²) in [4.78, 5) is 42.8. The molecule has 0 fully saturated rings. The number of carbonyl (C=O) groups excluding carboxylic acids is 3. The molecule has 0 heterocycles. The van der Waals surface area contributed by atoms with E-state index in [2.05, 4.69) is 15.6 Å². The molecule has 0 bridgehead atoms. The van der Waals surface area contributed by atoms with Crippen LogP contribution in [0.25, 0.3) is 0 Å². The third-order valence-corrected chi connectivity index (χ3v) is 6.85. The third kappa shape index (κ3) is 8.31. The highest BCUT2D eigenvalue weighted by Gasteiger charge is 2.29. The van der Waals surface area contributed by atoms with Crippen molar-refractivity contribution < 1.29 is 24.6 Å². The van der Waals surface area contributed by atoms with Gasteiger partial charge in [0.2, 0.25) is 5.91 Å². The van der Waals surface area contributed by atoms with Crippen molar-refractivity contribution in [2.45, 2.75) is 72.1 Å². The van der Waals surface area contributed by atoms with E-state index in [0.717, 1.165) is 11.1 Å². The summed E-state index contributed by atoms with van der Waals surface area (Å²) in [5.74, 6) is -0.992. The van der Waals surface area contributed by atoms with Crippen LogP contribution in [0, 0.1) is 17.8 Å². The number of fused-ring (bicyclic) bond motifs is 1. The molecule has 1 aliphatic rings. The zero-order valence-corrected chi connectivity index (χ0v) is 23.5. The summed E-state index contributed by atoms with van der Waals surface area (Å²) in [6, 6.07) is 13.1. The number of aliphatic hydroxyl groups is 2. The van der Waals surface area contributed by atoms with Gasteiger partial charge in [0, 0.05) is 35.6 Å². The molecule has 39 heavy (non-hydrogen) atoms. The molecule has 2 aromatic carbocycles. The highest BCUT2D eigenvalue weighted by Crippen LogP contribution is 2.23. The second kappa shape index (κ2) is 13.6. The van der Waals surface area contributed by atoms with Crippen LogP contribution in [-0.2, 0) is 11.2 Å². The Kier molecular flexibility index (Phi) is 10.5. The zero-order chi connectivity index (χ0) is 28.7. The van der Waals surface area contributed by atoms with Gasteiger partial charge in [0.25, 0.3) is 11.8 Å². The molecule has 0 saturated carbocycles. The Hall–Kier alpha value is -3.36. The lowest BCUT2D eigenvalue weighted by molar-refractivity contribution is -0.125. The topological polar surface area (TPSA) is 128 Å². The molecule has 210 valence electrons. The normalized spacial score (nSPS) is 18.1. The van der Waals surface area contributed by atoms with E-state index < -0.39 is 36.0 Å². The molecular weight excluding hydrogens is 494 g/mol.